The fourth-order valence-electron chi connectivity index (χ4n) is 0.209. The molecule has 0 saturated heterocycles. The largest absolute Gasteiger partial charge is 0.397 e. The molecule has 8 heteroatoms. The zero-order chi connectivity index (χ0) is 8.20. The number of hydrogen-bond acceptors (Lipinski definition) is 4. The van der Waals surface area contributed by atoms with E-state index in [2.05, 4.69) is 4.18 Å². The van der Waals surface area contributed by atoms with Crippen LogP contribution in [0.5, 0.6) is 0 Å². The van der Waals surface area contributed by atoms with E-state index in [9.17, 15) is 8.42 Å². The smallest absolute Gasteiger partial charge is 0.389 e. The van der Waals surface area contributed by atoms with E-state index >= 15 is 0 Å². The second-order valence-electron chi connectivity index (χ2n) is 1.52. The number of halogens is 1. The van der Waals surface area contributed by atoms with Crippen molar-refractivity contribution < 1.29 is 22.3 Å². The number of hydrogen-bond donors (Lipinski definition) is 2. The summed E-state index contributed by atoms with van der Waals surface area (Å²) in [6.07, 6.45) is -1.08. The minimum atomic E-state index is -4.45. The predicted molar refractivity (Wildman–Crippen MR) is 40.0 cm³/mol. The van der Waals surface area contributed by atoms with Crippen molar-refractivity contribution >= 4 is 51.6 Å². The molecule has 63 valence electrons. The van der Waals surface area contributed by atoms with Crippen LogP contribution in [0.3, 0.4) is 0 Å². The second kappa shape index (κ2) is 6.62. The van der Waals surface area contributed by atoms with E-state index in [-0.39, 0.29) is 35.4 Å². The van der Waals surface area contributed by atoms with Gasteiger partial charge in [-0.1, -0.05) is 0 Å². The Hall–Kier alpha value is 1.12. The van der Waals surface area contributed by atoms with Crippen molar-refractivity contribution in [1.29, 1.82) is 0 Å². The van der Waals surface area contributed by atoms with Gasteiger partial charge in [-0.3, -0.25) is 4.55 Å². The summed E-state index contributed by atoms with van der Waals surface area (Å²) in [7, 11) is -4.45. The molecule has 11 heavy (non-hydrogen) atoms. The van der Waals surface area contributed by atoms with Crippen LogP contribution in [0.4, 0.5) is 0 Å². The summed E-state index contributed by atoms with van der Waals surface area (Å²) in [6, 6.07) is 0. The molecule has 0 aliphatic heterocycles. The fourth-order valence-corrected chi connectivity index (χ4v) is 0.627. The molecule has 0 aromatic carbocycles. The van der Waals surface area contributed by atoms with Crippen molar-refractivity contribution in [2.75, 3.05) is 12.5 Å². The molecule has 1 radical (unpaired) electrons. The SMILES string of the molecule is O=S(=O)(O)OCC(O)CCl.[Na]. The van der Waals surface area contributed by atoms with Gasteiger partial charge >= 0.3 is 10.4 Å². The van der Waals surface area contributed by atoms with E-state index in [1.54, 1.807) is 0 Å². The van der Waals surface area contributed by atoms with Crippen molar-refractivity contribution in [2.24, 2.45) is 0 Å². The third-order valence-corrected chi connectivity index (χ3v) is 1.38. The monoisotopic (exact) mass is 213 g/mol. The molecule has 1 unspecified atom stereocenters. The van der Waals surface area contributed by atoms with Crippen LogP contribution in [-0.2, 0) is 14.6 Å². The van der Waals surface area contributed by atoms with Crippen molar-refractivity contribution in [2.45, 2.75) is 6.10 Å². The summed E-state index contributed by atoms with van der Waals surface area (Å²) in [5.74, 6) is -0.143. The van der Waals surface area contributed by atoms with Gasteiger partial charge in [-0.15, -0.1) is 11.6 Å². The zero-order valence-electron chi connectivity index (χ0n) is 5.90. The molecule has 0 rings (SSSR count). The number of aliphatic hydroxyl groups is 1. The van der Waals surface area contributed by atoms with E-state index in [0.29, 0.717) is 0 Å². The first-order chi connectivity index (χ1) is 4.45. The van der Waals surface area contributed by atoms with E-state index < -0.39 is 23.1 Å². The van der Waals surface area contributed by atoms with Gasteiger partial charge in [-0.25, -0.2) is 4.18 Å². The average Bonchev–Trinajstić information content (AvgIpc) is 1.81. The van der Waals surface area contributed by atoms with Gasteiger partial charge in [0.2, 0.25) is 0 Å². The molecule has 0 saturated carbocycles. The van der Waals surface area contributed by atoms with Crippen LogP contribution in [0.2, 0.25) is 0 Å². The molecule has 5 nitrogen and oxygen atoms in total. The number of alkyl halides is 1. The minimum Gasteiger partial charge on any atom is -0.389 e. The molecule has 0 aliphatic rings. The van der Waals surface area contributed by atoms with E-state index in [0.717, 1.165) is 0 Å². The summed E-state index contributed by atoms with van der Waals surface area (Å²) in [6.45, 7) is -0.525. The maximum atomic E-state index is 9.83. The Morgan fingerprint density at radius 1 is 1.55 bits per heavy atom. The maximum absolute atomic E-state index is 9.83. The Balaban J connectivity index is 0. The molecule has 0 spiro atoms. The van der Waals surface area contributed by atoms with Gasteiger partial charge in [-0.05, 0) is 0 Å². The van der Waals surface area contributed by atoms with E-state index in [1.807, 2.05) is 0 Å². The van der Waals surface area contributed by atoms with Gasteiger partial charge < -0.3 is 5.11 Å². The molecule has 0 fully saturated rings. The summed E-state index contributed by atoms with van der Waals surface area (Å²) in [4.78, 5) is 0. The molecule has 0 heterocycles. The molecular weight excluding hydrogens is 207 g/mol. The average molecular weight is 214 g/mol. The Labute approximate surface area is 91.9 Å². The molecule has 0 aliphatic carbocycles. The topological polar surface area (TPSA) is 83.8 Å². The van der Waals surface area contributed by atoms with E-state index in [4.69, 9.17) is 21.3 Å². The van der Waals surface area contributed by atoms with Crippen LogP contribution >= 0.6 is 11.6 Å². The Morgan fingerprint density at radius 3 is 2.27 bits per heavy atom. The third-order valence-electron chi connectivity index (χ3n) is 0.587. The fraction of sp³-hybridized carbons (Fsp3) is 1.00. The van der Waals surface area contributed by atoms with E-state index in [1.165, 1.54) is 0 Å². The van der Waals surface area contributed by atoms with Gasteiger partial charge in [0.05, 0.1) is 18.6 Å². The normalized spacial score (nSPS) is 13.7. The molecule has 1 atom stereocenters. The Bertz CT molecular complexity index is 180. The van der Waals surface area contributed by atoms with Crippen molar-refractivity contribution in [3.63, 3.8) is 0 Å². The first kappa shape index (κ1) is 14.6. The standard InChI is InChI=1S/C3H7ClO5S.Na/c4-1-3(5)2-9-10(6,7)8;/h3,5H,1-2H2,(H,6,7,8);. The summed E-state index contributed by atoms with van der Waals surface area (Å²) >= 11 is 5.07. The Kier molecular flexibility index (Phi) is 8.80. The molecule has 0 amide bonds. The van der Waals surface area contributed by atoms with Crippen molar-refractivity contribution in [3.05, 3.63) is 0 Å². The van der Waals surface area contributed by atoms with Crippen LogP contribution in [0, 0.1) is 0 Å². The van der Waals surface area contributed by atoms with Gasteiger partial charge in [0.15, 0.2) is 0 Å². The van der Waals surface area contributed by atoms with Crippen LogP contribution in [-0.4, -0.2) is 66.2 Å². The van der Waals surface area contributed by atoms with Gasteiger partial charge in [0, 0.05) is 29.6 Å². The molecule has 0 aromatic rings. The Morgan fingerprint density at radius 2 is 2.00 bits per heavy atom. The van der Waals surface area contributed by atoms with Crippen LogP contribution < -0.4 is 0 Å². The van der Waals surface area contributed by atoms with Crippen LogP contribution in [0.25, 0.3) is 0 Å². The third kappa shape index (κ3) is 11.1. The van der Waals surface area contributed by atoms with Crippen LogP contribution in [0.1, 0.15) is 0 Å². The quantitative estimate of drug-likeness (QED) is 0.357. The zero-order valence-corrected chi connectivity index (χ0v) is 9.47. The summed E-state index contributed by atoms with van der Waals surface area (Å²) in [5, 5.41) is 8.59. The van der Waals surface area contributed by atoms with Gasteiger partial charge in [0.25, 0.3) is 0 Å². The summed E-state index contributed by atoms with van der Waals surface area (Å²) in [5.41, 5.74) is 0. The van der Waals surface area contributed by atoms with Crippen molar-refractivity contribution in [3.8, 4) is 0 Å². The molecule has 0 bridgehead atoms. The second-order valence-corrected chi connectivity index (χ2v) is 2.92. The van der Waals surface area contributed by atoms with Crippen molar-refractivity contribution in [1.82, 2.24) is 0 Å². The summed E-state index contributed by atoms with van der Waals surface area (Å²) < 4.78 is 31.4. The van der Waals surface area contributed by atoms with Crippen LogP contribution in [0.15, 0.2) is 0 Å². The number of aliphatic hydroxyl groups excluding tert-OH is 1. The molecule has 0 aromatic heterocycles. The van der Waals surface area contributed by atoms with Gasteiger partial charge in [-0.2, -0.15) is 8.42 Å². The minimum absolute atomic E-state index is 0. The first-order valence-electron chi connectivity index (χ1n) is 2.31. The predicted octanol–water partition coefficient (Wildman–Crippen LogP) is -0.975. The maximum Gasteiger partial charge on any atom is 0.397 e. The van der Waals surface area contributed by atoms with Gasteiger partial charge in [0.1, 0.15) is 0 Å². The number of rotatable bonds is 4. The molecule has 2 N–H and O–H groups in total. The molecular formula is C3H7ClNaO5S. The first-order valence-corrected chi connectivity index (χ1v) is 4.21.